The highest BCUT2D eigenvalue weighted by Crippen LogP contribution is 2.25. The summed E-state index contributed by atoms with van der Waals surface area (Å²) in [6.45, 7) is -0.302. The molecule has 1 aromatic rings. The van der Waals surface area contributed by atoms with Gasteiger partial charge in [-0.15, -0.1) is 0 Å². The molecule has 0 unspecified atom stereocenters. The molecule has 0 amide bonds. The molecule has 0 radical (unpaired) electrons. The molecule has 0 aliphatic heterocycles. The quantitative estimate of drug-likeness (QED) is 0.611. The molecule has 6 nitrogen and oxygen atoms in total. The van der Waals surface area contributed by atoms with Crippen LogP contribution in [0.3, 0.4) is 0 Å². The Bertz CT molecular complexity index is 430. The molecule has 0 aromatic heterocycles. The molecule has 92 valence electrons. The van der Waals surface area contributed by atoms with Crippen molar-refractivity contribution in [2.45, 2.75) is 0 Å². The van der Waals surface area contributed by atoms with Crippen molar-refractivity contribution in [1.29, 1.82) is 0 Å². The van der Waals surface area contributed by atoms with Crippen LogP contribution in [0.25, 0.3) is 0 Å². The van der Waals surface area contributed by atoms with Gasteiger partial charge in [0.1, 0.15) is 11.3 Å². The van der Waals surface area contributed by atoms with Gasteiger partial charge in [0.15, 0.2) is 6.61 Å². The van der Waals surface area contributed by atoms with Gasteiger partial charge in [0.25, 0.3) is 0 Å². The van der Waals surface area contributed by atoms with Gasteiger partial charge in [-0.05, 0) is 12.1 Å². The molecular formula is C11H13NO5. The molecule has 0 bridgehead atoms. The van der Waals surface area contributed by atoms with Gasteiger partial charge in [-0.25, -0.2) is 9.59 Å². The third-order valence-corrected chi connectivity index (χ3v) is 2.02. The lowest BCUT2D eigenvalue weighted by Gasteiger charge is -2.10. The number of benzene rings is 1. The average Bonchev–Trinajstić information content (AvgIpc) is 2.35. The van der Waals surface area contributed by atoms with E-state index in [1.165, 1.54) is 26.4 Å². The van der Waals surface area contributed by atoms with Crippen LogP contribution in [-0.4, -0.2) is 32.8 Å². The van der Waals surface area contributed by atoms with Crippen LogP contribution in [0.1, 0.15) is 10.4 Å². The topological polar surface area (TPSA) is 87.9 Å². The highest BCUT2D eigenvalue weighted by Gasteiger charge is 2.17. The van der Waals surface area contributed by atoms with E-state index in [1.807, 2.05) is 0 Å². The van der Waals surface area contributed by atoms with Gasteiger partial charge in [0.2, 0.25) is 0 Å². The zero-order valence-electron chi connectivity index (χ0n) is 9.56. The van der Waals surface area contributed by atoms with E-state index in [2.05, 4.69) is 9.47 Å². The second-order valence-electron chi connectivity index (χ2n) is 3.08. The highest BCUT2D eigenvalue weighted by molar-refractivity contribution is 5.98. The molecule has 0 aliphatic carbocycles. The van der Waals surface area contributed by atoms with Crippen LogP contribution >= 0.6 is 0 Å². The zero-order chi connectivity index (χ0) is 12.8. The van der Waals surface area contributed by atoms with Crippen LogP contribution in [0, 0.1) is 0 Å². The van der Waals surface area contributed by atoms with E-state index in [-0.39, 0.29) is 23.6 Å². The summed E-state index contributed by atoms with van der Waals surface area (Å²) in [7, 11) is 2.48. The van der Waals surface area contributed by atoms with E-state index in [0.29, 0.717) is 0 Å². The molecule has 17 heavy (non-hydrogen) atoms. The van der Waals surface area contributed by atoms with E-state index >= 15 is 0 Å². The lowest BCUT2D eigenvalue weighted by atomic mass is 10.1. The first kappa shape index (κ1) is 12.8. The van der Waals surface area contributed by atoms with Gasteiger partial charge in [0, 0.05) is 5.69 Å². The molecule has 1 aromatic carbocycles. The Hall–Kier alpha value is -2.24. The van der Waals surface area contributed by atoms with E-state index in [9.17, 15) is 9.59 Å². The Balaban J connectivity index is 2.94. The molecule has 0 aliphatic rings. The fourth-order valence-electron chi connectivity index (χ4n) is 1.18. The van der Waals surface area contributed by atoms with Crippen molar-refractivity contribution < 1.29 is 23.8 Å². The summed E-state index contributed by atoms with van der Waals surface area (Å²) in [6, 6.07) is 4.66. The Kier molecular flexibility index (Phi) is 4.33. The van der Waals surface area contributed by atoms with Crippen LogP contribution in [0.5, 0.6) is 5.75 Å². The van der Waals surface area contributed by atoms with Crippen molar-refractivity contribution in [3.05, 3.63) is 23.8 Å². The Morgan fingerprint density at radius 1 is 1.24 bits per heavy atom. The largest absolute Gasteiger partial charge is 0.481 e. The maximum absolute atomic E-state index is 11.5. The maximum Gasteiger partial charge on any atom is 0.343 e. The molecule has 6 heteroatoms. The summed E-state index contributed by atoms with van der Waals surface area (Å²) in [5, 5.41) is 0. The first-order valence-corrected chi connectivity index (χ1v) is 4.76. The van der Waals surface area contributed by atoms with Crippen molar-refractivity contribution in [1.82, 2.24) is 0 Å². The number of nitrogens with two attached hydrogens (primary N) is 1. The number of rotatable bonds is 4. The van der Waals surface area contributed by atoms with Gasteiger partial charge >= 0.3 is 11.9 Å². The minimum atomic E-state index is -0.622. The first-order chi connectivity index (χ1) is 8.10. The molecule has 0 spiro atoms. The standard InChI is InChI=1S/C11H13NO5/c1-15-9(13)6-17-8-5-3-4-7(12)10(8)11(14)16-2/h3-5H,6,12H2,1-2H3. The number of anilines is 1. The lowest BCUT2D eigenvalue weighted by Crippen LogP contribution is -2.15. The molecule has 0 saturated carbocycles. The molecule has 0 fully saturated rings. The number of methoxy groups -OCH3 is 2. The molecule has 1 rings (SSSR count). The Labute approximate surface area is 98.3 Å². The summed E-state index contributed by atoms with van der Waals surface area (Å²) in [5.74, 6) is -0.992. The van der Waals surface area contributed by atoms with Crippen molar-refractivity contribution >= 4 is 17.6 Å². The molecule has 0 heterocycles. The zero-order valence-corrected chi connectivity index (χ0v) is 9.56. The number of esters is 2. The van der Waals surface area contributed by atoms with E-state index in [4.69, 9.17) is 10.5 Å². The van der Waals surface area contributed by atoms with Crippen molar-refractivity contribution in [3.8, 4) is 5.75 Å². The number of hydrogen-bond acceptors (Lipinski definition) is 6. The van der Waals surface area contributed by atoms with Crippen LogP contribution in [0.4, 0.5) is 5.69 Å². The lowest BCUT2D eigenvalue weighted by molar-refractivity contribution is -0.142. The highest BCUT2D eigenvalue weighted by atomic mass is 16.6. The third kappa shape index (κ3) is 3.10. The first-order valence-electron chi connectivity index (χ1n) is 4.76. The summed E-state index contributed by atoms with van der Waals surface area (Å²) < 4.78 is 14.1. The van der Waals surface area contributed by atoms with Crippen molar-refractivity contribution in [2.75, 3.05) is 26.6 Å². The van der Waals surface area contributed by atoms with Gasteiger partial charge in [-0.1, -0.05) is 6.07 Å². The summed E-state index contributed by atoms with van der Waals surface area (Å²) in [4.78, 5) is 22.4. The van der Waals surface area contributed by atoms with Gasteiger partial charge in [-0.2, -0.15) is 0 Å². The third-order valence-electron chi connectivity index (χ3n) is 2.02. The van der Waals surface area contributed by atoms with E-state index < -0.39 is 11.9 Å². The smallest absolute Gasteiger partial charge is 0.343 e. The van der Waals surface area contributed by atoms with Crippen LogP contribution in [0.2, 0.25) is 0 Å². The second kappa shape index (κ2) is 5.74. The number of carbonyl (C=O) groups is 2. The average molecular weight is 239 g/mol. The van der Waals surface area contributed by atoms with Crippen molar-refractivity contribution in [2.24, 2.45) is 0 Å². The summed E-state index contributed by atoms with van der Waals surface area (Å²) in [5.41, 5.74) is 5.96. The molecular weight excluding hydrogens is 226 g/mol. The van der Waals surface area contributed by atoms with Crippen LogP contribution < -0.4 is 10.5 Å². The predicted octanol–water partition coefficient (Wildman–Crippen LogP) is 0.607. The summed E-state index contributed by atoms with van der Waals surface area (Å²) >= 11 is 0. The van der Waals surface area contributed by atoms with Gasteiger partial charge < -0.3 is 19.9 Å². The minimum Gasteiger partial charge on any atom is -0.481 e. The number of nitrogen functional groups attached to an aromatic ring is 1. The van der Waals surface area contributed by atoms with Crippen LogP contribution in [-0.2, 0) is 14.3 Å². The fourth-order valence-corrected chi connectivity index (χ4v) is 1.18. The number of ether oxygens (including phenoxy) is 3. The minimum absolute atomic E-state index is 0.0962. The Morgan fingerprint density at radius 2 is 1.94 bits per heavy atom. The SMILES string of the molecule is COC(=O)COc1cccc(N)c1C(=O)OC. The molecule has 2 N–H and O–H groups in total. The normalized spacial score (nSPS) is 9.53. The monoisotopic (exact) mass is 239 g/mol. The molecule has 0 atom stereocenters. The molecule has 0 saturated heterocycles. The Morgan fingerprint density at radius 3 is 2.53 bits per heavy atom. The number of hydrogen-bond donors (Lipinski definition) is 1. The van der Waals surface area contributed by atoms with Gasteiger partial charge in [0.05, 0.1) is 14.2 Å². The fraction of sp³-hybridized carbons (Fsp3) is 0.273. The van der Waals surface area contributed by atoms with Crippen molar-refractivity contribution in [3.63, 3.8) is 0 Å². The second-order valence-corrected chi connectivity index (χ2v) is 3.08. The van der Waals surface area contributed by atoms with E-state index in [1.54, 1.807) is 6.07 Å². The summed E-state index contributed by atoms with van der Waals surface area (Å²) in [6.07, 6.45) is 0. The maximum atomic E-state index is 11.5. The predicted molar refractivity (Wildman–Crippen MR) is 59.7 cm³/mol. The van der Waals surface area contributed by atoms with E-state index in [0.717, 1.165) is 0 Å². The van der Waals surface area contributed by atoms with Gasteiger partial charge in [-0.3, -0.25) is 0 Å². The van der Waals surface area contributed by atoms with Crippen LogP contribution in [0.15, 0.2) is 18.2 Å². The number of carbonyl (C=O) groups excluding carboxylic acids is 2.